The Morgan fingerprint density at radius 3 is 2.14 bits per heavy atom. The summed E-state index contributed by atoms with van der Waals surface area (Å²) in [6.07, 6.45) is 0. The zero-order valence-corrected chi connectivity index (χ0v) is 12.9. The van der Waals surface area contributed by atoms with Gasteiger partial charge in [0.05, 0.1) is 0 Å². The van der Waals surface area contributed by atoms with E-state index in [1.54, 1.807) is 6.92 Å². The van der Waals surface area contributed by atoms with E-state index in [-0.39, 0.29) is 11.8 Å². The van der Waals surface area contributed by atoms with Crippen molar-refractivity contribution in [1.29, 1.82) is 0 Å². The van der Waals surface area contributed by atoms with Crippen molar-refractivity contribution in [3.05, 3.63) is 54.1 Å². The van der Waals surface area contributed by atoms with Crippen LogP contribution in [-0.4, -0.2) is 11.8 Å². The number of halogens is 1. The van der Waals surface area contributed by atoms with Crippen molar-refractivity contribution in [2.45, 2.75) is 13.8 Å². The Bertz CT molecular complexity index is 593. The predicted molar refractivity (Wildman–Crippen MR) is 86.2 cm³/mol. The third-order valence-electron chi connectivity index (χ3n) is 3.06. The number of hydrogen-bond acceptors (Lipinski definition) is 2. The smallest absolute Gasteiger partial charge is 0.228 e. The van der Waals surface area contributed by atoms with Gasteiger partial charge >= 0.3 is 0 Å². The summed E-state index contributed by atoms with van der Waals surface area (Å²) in [5.74, 6) is 1.52. The molecule has 0 aliphatic heterocycles. The van der Waals surface area contributed by atoms with Crippen LogP contribution in [0.3, 0.4) is 0 Å². The average molecular weight is 304 g/mol. The van der Waals surface area contributed by atoms with Gasteiger partial charge in [-0.15, -0.1) is 11.6 Å². The number of nitrogens with one attached hydrogen (secondary N) is 1. The summed E-state index contributed by atoms with van der Waals surface area (Å²) in [7, 11) is 0. The van der Waals surface area contributed by atoms with E-state index in [1.165, 1.54) is 5.56 Å². The van der Waals surface area contributed by atoms with Crippen LogP contribution in [0.15, 0.2) is 48.5 Å². The highest BCUT2D eigenvalue weighted by Crippen LogP contribution is 2.23. The van der Waals surface area contributed by atoms with Gasteiger partial charge in [-0.1, -0.05) is 24.6 Å². The lowest BCUT2D eigenvalue weighted by molar-refractivity contribution is -0.118. The van der Waals surface area contributed by atoms with Crippen LogP contribution in [0.1, 0.15) is 12.5 Å². The van der Waals surface area contributed by atoms with Crippen molar-refractivity contribution in [2.24, 2.45) is 5.92 Å². The number of amides is 1. The van der Waals surface area contributed by atoms with E-state index in [2.05, 4.69) is 5.32 Å². The zero-order valence-electron chi connectivity index (χ0n) is 12.1. The molecule has 2 aromatic rings. The second-order valence-corrected chi connectivity index (χ2v) is 5.29. The van der Waals surface area contributed by atoms with Gasteiger partial charge in [0.15, 0.2) is 0 Å². The number of carbonyl (C=O) groups excluding carboxylic acids is 1. The summed E-state index contributed by atoms with van der Waals surface area (Å²) in [6.45, 7) is 3.82. The van der Waals surface area contributed by atoms with Crippen LogP contribution in [0.5, 0.6) is 11.5 Å². The first-order valence-corrected chi connectivity index (χ1v) is 7.33. The number of benzene rings is 2. The van der Waals surface area contributed by atoms with E-state index in [0.29, 0.717) is 5.88 Å². The third kappa shape index (κ3) is 4.50. The van der Waals surface area contributed by atoms with Crippen LogP contribution in [0.2, 0.25) is 0 Å². The van der Waals surface area contributed by atoms with Gasteiger partial charge in [-0.25, -0.2) is 0 Å². The molecule has 0 heterocycles. The largest absolute Gasteiger partial charge is 0.457 e. The fraction of sp³-hybridized carbons (Fsp3) is 0.235. The summed E-state index contributed by atoms with van der Waals surface area (Å²) in [4.78, 5) is 11.7. The summed E-state index contributed by atoms with van der Waals surface area (Å²) >= 11 is 5.66. The molecule has 4 heteroatoms. The van der Waals surface area contributed by atoms with Crippen molar-refractivity contribution in [2.75, 3.05) is 11.2 Å². The van der Waals surface area contributed by atoms with Gasteiger partial charge in [0.25, 0.3) is 0 Å². The van der Waals surface area contributed by atoms with Crippen molar-refractivity contribution < 1.29 is 9.53 Å². The second-order valence-electron chi connectivity index (χ2n) is 4.98. The lowest BCUT2D eigenvalue weighted by atomic mass is 10.2. The number of rotatable bonds is 5. The molecule has 0 radical (unpaired) electrons. The zero-order chi connectivity index (χ0) is 15.2. The van der Waals surface area contributed by atoms with Gasteiger partial charge < -0.3 is 10.1 Å². The molecular weight excluding hydrogens is 286 g/mol. The Hall–Kier alpha value is -2.00. The first kappa shape index (κ1) is 15.4. The molecule has 0 bridgehead atoms. The molecule has 0 aromatic heterocycles. The standard InChI is InChI=1S/C17H18ClNO2/c1-12-3-7-15(8-4-12)21-16-9-5-14(6-10-16)19-17(20)13(2)11-18/h3-10,13H,11H2,1-2H3,(H,19,20). The number of carbonyl (C=O) groups is 1. The molecule has 1 unspecified atom stereocenters. The lowest BCUT2D eigenvalue weighted by Crippen LogP contribution is -2.21. The van der Waals surface area contributed by atoms with Crippen LogP contribution in [0.4, 0.5) is 5.69 Å². The summed E-state index contributed by atoms with van der Waals surface area (Å²) < 4.78 is 5.73. The van der Waals surface area contributed by atoms with Gasteiger partial charge in [-0.05, 0) is 43.3 Å². The molecule has 2 aromatic carbocycles. The van der Waals surface area contributed by atoms with Crippen LogP contribution < -0.4 is 10.1 Å². The molecular formula is C17H18ClNO2. The molecule has 21 heavy (non-hydrogen) atoms. The Balaban J connectivity index is 1.98. The van der Waals surface area contributed by atoms with Gasteiger partial charge in [0, 0.05) is 17.5 Å². The highest BCUT2D eigenvalue weighted by Gasteiger charge is 2.11. The minimum absolute atomic E-state index is 0.0859. The molecule has 0 saturated carbocycles. The summed E-state index contributed by atoms with van der Waals surface area (Å²) in [5.41, 5.74) is 1.92. The molecule has 0 saturated heterocycles. The summed E-state index contributed by atoms with van der Waals surface area (Å²) in [5, 5.41) is 2.81. The van der Waals surface area contributed by atoms with E-state index >= 15 is 0 Å². The van der Waals surface area contributed by atoms with E-state index in [1.807, 2.05) is 55.5 Å². The number of anilines is 1. The highest BCUT2D eigenvalue weighted by atomic mass is 35.5. The molecule has 0 spiro atoms. The predicted octanol–water partition coefficient (Wildman–Crippen LogP) is 4.60. The molecule has 0 aliphatic carbocycles. The van der Waals surface area contributed by atoms with Gasteiger partial charge in [-0.3, -0.25) is 4.79 Å². The van der Waals surface area contributed by atoms with Crippen molar-refractivity contribution in [3.8, 4) is 11.5 Å². The Labute approximate surface area is 129 Å². The van der Waals surface area contributed by atoms with Crippen molar-refractivity contribution in [3.63, 3.8) is 0 Å². The van der Waals surface area contributed by atoms with Crippen LogP contribution in [0, 0.1) is 12.8 Å². The number of aryl methyl sites for hydroxylation is 1. The second kappa shape index (κ2) is 7.14. The first-order chi connectivity index (χ1) is 10.1. The maximum atomic E-state index is 11.7. The molecule has 1 atom stereocenters. The van der Waals surface area contributed by atoms with Crippen LogP contribution in [0.25, 0.3) is 0 Å². The fourth-order valence-electron chi connectivity index (χ4n) is 1.68. The quantitative estimate of drug-likeness (QED) is 0.820. The topological polar surface area (TPSA) is 38.3 Å². The maximum absolute atomic E-state index is 11.7. The normalized spacial score (nSPS) is 11.8. The minimum Gasteiger partial charge on any atom is -0.457 e. The Morgan fingerprint density at radius 1 is 1.10 bits per heavy atom. The molecule has 1 amide bonds. The first-order valence-electron chi connectivity index (χ1n) is 6.80. The summed E-state index contributed by atoms with van der Waals surface area (Å²) in [6, 6.07) is 15.1. The Kier molecular flexibility index (Phi) is 5.23. The van der Waals surface area contributed by atoms with Crippen LogP contribution >= 0.6 is 11.6 Å². The van der Waals surface area contributed by atoms with Gasteiger partial charge in [0.2, 0.25) is 5.91 Å². The lowest BCUT2D eigenvalue weighted by Gasteiger charge is -2.10. The average Bonchev–Trinajstić information content (AvgIpc) is 2.50. The van der Waals surface area contributed by atoms with Gasteiger partial charge in [-0.2, -0.15) is 0 Å². The molecule has 1 N–H and O–H groups in total. The fourth-order valence-corrected chi connectivity index (χ4v) is 1.82. The molecule has 3 nitrogen and oxygen atoms in total. The van der Waals surface area contributed by atoms with E-state index < -0.39 is 0 Å². The number of hydrogen-bond donors (Lipinski definition) is 1. The van der Waals surface area contributed by atoms with E-state index in [0.717, 1.165) is 17.2 Å². The molecule has 0 fully saturated rings. The van der Waals surface area contributed by atoms with Crippen LogP contribution in [-0.2, 0) is 4.79 Å². The minimum atomic E-state index is -0.213. The van der Waals surface area contributed by atoms with E-state index in [9.17, 15) is 4.79 Å². The number of alkyl halides is 1. The highest BCUT2D eigenvalue weighted by molar-refractivity contribution is 6.19. The van der Waals surface area contributed by atoms with Crippen molar-refractivity contribution >= 4 is 23.2 Å². The monoisotopic (exact) mass is 303 g/mol. The molecule has 0 aliphatic rings. The maximum Gasteiger partial charge on any atom is 0.228 e. The van der Waals surface area contributed by atoms with Crippen molar-refractivity contribution in [1.82, 2.24) is 0 Å². The van der Waals surface area contributed by atoms with Gasteiger partial charge in [0.1, 0.15) is 11.5 Å². The number of ether oxygens (including phenoxy) is 1. The Morgan fingerprint density at radius 2 is 1.62 bits per heavy atom. The SMILES string of the molecule is Cc1ccc(Oc2ccc(NC(=O)C(C)CCl)cc2)cc1. The third-order valence-corrected chi connectivity index (χ3v) is 3.52. The molecule has 2 rings (SSSR count). The van der Waals surface area contributed by atoms with E-state index in [4.69, 9.17) is 16.3 Å². The molecule has 110 valence electrons.